The van der Waals surface area contributed by atoms with Crippen molar-refractivity contribution in [2.45, 2.75) is 6.92 Å². The quantitative estimate of drug-likeness (QED) is 0.485. The average molecular weight is 379 g/mol. The minimum atomic E-state index is -0.736. The molecule has 0 aliphatic carbocycles. The van der Waals surface area contributed by atoms with Crippen LogP contribution in [0.5, 0.6) is 11.5 Å². The summed E-state index contributed by atoms with van der Waals surface area (Å²) in [5.74, 6) is -0.00449. The first-order valence-electron chi connectivity index (χ1n) is 8.73. The number of carbonyl (C=O) groups is 2. The summed E-state index contributed by atoms with van der Waals surface area (Å²) in [4.78, 5) is 25.1. The molecule has 0 spiro atoms. The van der Waals surface area contributed by atoms with Gasteiger partial charge in [0.1, 0.15) is 0 Å². The van der Waals surface area contributed by atoms with Gasteiger partial charge in [-0.15, -0.1) is 0 Å². The molecule has 0 fully saturated rings. The third-order valence-corrected chi connectivity index (χ3v) is 4.10. The second-order valence-corrected chi connectivity index (χ2v) is 5.97. The maximum Gasteiger partial charge on any atom is 0.347 e. The van der Waals surface area contributed by atoms with E-state index in [1.165, 1.54) is 0 Å². The fourth-order valence-electron chi connectivity index (χ4n) is 2.81. The minimum absolute atomic E-state index is 0.0142. The largest absolute Gasteiger partial charge is 0.462 e. The molecule has 0 bridgehead atoms. The molecule has 0 aromatic heterocycles. The van der Waals surface area contributed by atoms with Crippen LogP contribution in [-0.2, 0) is 19.1 Å². The molecule has 142 valence electrons. The molecular weight excluding hydrogens is 362 g/mol. The summed E-state index contributed by atoms with van der Waals surface area (Å²) in [5.41, 5.74) is 1.19. The molecule has 0 saturated heterocycles. The Balaban J connectivity index is 1.65. The van der Waals surface area contributed by atoms with Gasteiger partial charge < -0.3 is 24.3 Å². The van der Waals surface area contributed by atoms with Crippen LogP contribution in [0.2, 0.25) is 0 Å². The summed E-state index contributed by atoms with van der Waals surface area (Å²) in [6, 6.07) is 14.4. The molecule has 2 heterocycles. The van der Waals surface area contributed by atoms with Crippen LogP contribution in [0.4, 0.5) is 5.69 Å². The van der Waals surface area contributed by atoms with Gasteiger partial charge in [0.2, 0.25) is 18.5 Å². The number of rotatable bonds is 5. The summed E-state index contributed by atoms with van der Waals surface area (Å²) >= 11 is 0. The fraction of sp³-hybridized carbons (Fsp3) is 0.143. The molecule has 0 amide bonds. The number of Topliss-reactive ketones (excluding diaryl/α,β-unsaturated/α-hetero) is 1. The number of ether oxygens (including phenoxy) is 4. The normalized spacial score (nSPS) is 16.3. The number of allylic oxidation sites excluding steroid dienone is 1. The third-order valence-electron chi connectivity index (χ3n) is 4.10. The summed E-state index contributed by atoms with van der Waals surface area (Å²) in [6.07, 6.45) is 1.54. The van der Waals surface area contributed by atoms with Crippen molar-refractivity contribution < 1.29 is 28.5 Å². The number of ketones is 1. The van der Waals surface area contributed by atoms with E-state index in [2.05, 4.69) is 5.32 Å². The Morgan fingerprint density at radius 3 is 2.71 bits per heavy atom. The van der Waals surface area contributed by atoms with E-state index in [9.17, 15) is 9.59 Å². The summed E-state index contributed by atoms with van der Waals surface area (Å²) in [6.45, 7) is 1.98. The van der Waals surface area contributed by atoms with Gasteiger partial charge in [-0.3, -0.25) is 4.79 Å². The van der Waals surface area contributed by atoms with Gasteiger partial charge in [-0.2, -0.15) is 0 Å². The van der Waals surface area contributed by atoms with Crippen molar-refractivity contribution in [3.05, 3.63) is 71.3 Å². The molecule has 2 aliphatic rings. The van der Waals surface area contributed by atoms with Crippen molar-refractivity contribution in [2.24, 2.45) is 0 Å². The molecule has 0 radical (unpaired) electrons. The molecule has 4 rings (SSSR count). The Kier molecular flexibility index (Phi) is 4.72. The van der Waals surface area contributed by atoms with Crippen molar-refractivity contribution in [3.8, 4) is 11.5 Å². The van der Waals surface area contributed by atoms with Gasteiger partial charge in [-0.05, 0) is 42.8 Å². The Morgan fingerprint density at radius 2 is 1.93 bits per heavy atom. The van der Waals surface area contributed by atoms with E-state index in [1.807, 2.05) is 18.2 Å². The molecular formula is C21H17NO6. The Bertz CT molecular complexity index is 993. The SMILES string of the molecule is CCOC(=O)C1=C(Nc2ccccc2)O/C(=C\c2ccc3c(c2)OCO3)C1=O. The van der Waals surface area contributed by atoms with Crippen molar-refractivity contribution in [2.75, 3.05) is 18.7 Å². The highest BCUT2D eigenvalue weighted by Gasteiger charge is 2.37. The topological polar surface area (TPSA) is 83.1 Å². The molecule has 0 unspecified atom stereocenters. The summed E-state index contributed by atoms with van der Waals surface area (Å²) in [7, 11) is 0. The van der Waals surface area contributed by atoms with E-state index in [0.29, 0.717) is 22.7 Å². The third kappa shape index (κ3) is 3.42. The predicted molar refractivity (Wildman–Crippen MR) is 100 cm³/mol. The molecule has 7 heteroatoms. The minimum Gasteiger partial charge on any atom is -0.462 e. The van der Waals surface area contributed by atoms with Crippen LogP contribution < -0.4 is 14.8 Å². The van der Waals surface area contributed by atoms with E-state index in [0.717, 1.165) is 0 Å². The van der Waals surface area contributed by atoms with E-state index in [1.54, 1.807) is 43.3 Å². The van der Waals surface area contributed by atoms with Gasteiger partial charge in [0.25, 0.3) is 0 Å². The molecule has 0 atom stereocenters. The number of carbonyl (C=O) groups excluding carboxylic acids is 2. The van der Waals surface area contributed by atoms with Crippen LogP contribution in [0, 0.1) is 0 Å². The summed E-state index contributed by atoms with van der Waals surface area (Å²) in [5, 5.41) is 2.97. The number of esters is 1. The maximum absolute atomic E-state index is 12.8. The highest BCUT2D eigenvalue weighted by Crippen LogP contribution is 2.34. The van der Waals surface area contributed by atoms with Crippen LogP contribution in [-0.4, -0.2) is 25.2 Å². The van der Waals surface area contributed by atoms with E-state index in [4.69, 9.17) is 18.9 Å². The average Bonchev–Trinajstić information content (AvgIpc) is 3.27. The van der Waals surface area contributed by atoms with Gasteiger partial charge in [0.15, 0.2) is 22.8 Å². The monoisotopic (exact) mass is 379 g/mol. The molecule has 2 aromatic carbocycles. The van der Waals surface area contributed by atoms with Crippen LogP contribution in [0.15, 0.2) is 65.7 Å². The standard InChI is InChI=1S/C21H17NO6/c1-2-25-21(24)18-19(23)17(28-20(18)22-14-6-4-3-5-7-14)11-13-8-9-15-16(10-13)27-12-26-15/h3-11,22H,2,12H2,1H3/b17-11-. The second-order valence-electron chi connectivity index (χ2n) is 5.97. The Hall–Kier alpha value is -3.74. The van der Waals surface area contributed by atoms with E-state index < -0.39 is 11.8 Å². The number of benzene rings is 2. The lowest BCUT2D eigenvalue weighted by Gasteiger charge is -2.08. The second kappa shape index (κ2) is 7.48. The molecule has 28 heavy (non-hydrogen) atoms. The first-order valence-corrected chi connectivity index (χ1v) is 8.73. The van der Waals surface area contributed by atoms with Crippen molar-refractivity contribution in [3.63, 3.8) is 0 Å². The first-order chi connectivity index (χ1) is 13.7. The lowest BCUT2D eigenvalue weighted by Crippen LogP contribution is -2.16. The highest BCUT2D eigenvalue weighted by molar-refractivity contribution is 6.26. The Morgan fingerprint density at radius 1 is 1.14 bits per heavy atom. The van der Waals surface area contributed by atoms with Crippen molar-refractivity contribution in [1.82, 2.24) is 0 Å². The fourth-order valence-corrected chi connectivity index (χ4v) is 2.81. The highest BCUT2D eigenvalue weighted by atomic mass is 16.7. The number of anilines is 1. The van der Waals surface area contributed by atoms with Crippen molar-refractivity contribution >= 4 is 23.5 Å². The number of nitrogens with one attached hydrogen (secondary N) is 1. The van der Waals surface area contributed by atoms with Crippen LogP contribution in [0.3, 0.4) is 0 Å². The maximum atomic E-state index is 12.8. The molecule has 0 saturated carbocycles. The van der Waals surface area contributed by atoms with Crippen LogP contribution in [0.1, 0.15) is 12.5 Å². The molecule has 1 N–H and O–H groups in total. The van der Waals surface area contributed by atoms with E-state index >= 15 is 0 Å². The Labute approximate surface area is 161 Å². The lowest BCUT2D eigenvalue weighted by atomic mass is 10.1. The van der Waals surface area contributed by atoms with Crippen molar-refractivity contribution in [1.29, 1.82) is 0 Å². The zero-order valence-electron chi connectivity index (χ0n) is 15.1. The molecule has 2 aromatic rings. The number of fused-ring (bicyclic) bond motifs is 1. The predicted octanol–water partition coefficient (Wildman–Crippen LogP) is 3.24. The van der Waals surface area contributed by atoms with Crippen LogP contribution in [0.25, 0.3) is 6.08 Å². The van der Waals surface area contributed by atoms with Gasteiger partial charge in [-0.1, -0.05) is 24.3 Å². The number of hydrogen-bond donors (Lipinski definition) is 1. The van der Waals surface area contributed by atoms with Gasteiger partial charge in [0, 0.05) is 5.69 Å². The molecule has 2 aliphatic heterocycles. The smallest absolute Gasteiger partial charge is 0.347 e. The first kappa shape index (κ1) is 17.7. The van der Waals surface area contributed by atoms with E-state index in [-0.39, 0.29) is 30.6 Å². The number of para-hydroxylation sites is 1. The van der Waals surface area contributed by atoms with Gasteiger partial charge >= 0.3 is 5.97 Å². The van der Waals surface area contributed by atoms with Gasteiger partial charge in [0.05, 0.1) is 6.61 Å². The lowest BCUT2D eigenvalue weighted by molar-refractivity contribution is -0.139. The molecule has 7 nitrogen and oxygen atoms in total. The van der Waals surface area contributed by atoms with Gasteiger partial charge in [-0.25, -0.2) is 4.79 Å². The summed E-state index contributed by atoms with van der Waals surface area (Å²) < 4.78 is 21.3. The zero-order chi connectivity index (χ0) is 19.5. The zero-order valence-corrected chi connectivity index (χ0v) is 15.1. The number of hydrogen-bond acceptors (Lipinski definition) is 7. The van der Waals surface area contributed by atoms with Crippen LogP contribution >= 0.6 is 0 Å².